The van der Waals surface area contributed by atoms with Gasteiger partial charge in [-0.2, -0.15) is 0 Å². The minimum Gasteiger partial charge on any atom is -0.506 e. The molecule has 0 atom stereocenters. The van der Waals surface area contributed by atoms with Crippen molar-refractivity contribution in [3.8, 4) is 5.75 Å². The summed E-state index contributed by atoms with van der Waals surface area (Å²) < 4.78 is 0. The lowest BCUT2D eigenvalue weighted by atomic mass is 10.2. The molecule has 1 aromatic heterocycles. The van der Waals surface area contributed by atoms with Crippen molar-refractivity contribution in [1.82, 2.24) is 4.98 Å². The molecule has 1 amide bonds. The van der Waals surface area contributed by atoms with E-state index in [1.54, 1.807) is 11.4 Å². The van der Waals surface area contributed by atoms with Crippen molar-refractivity contribution in [3.05, 3.63) is 39.3 Å². The molecule has 0 saturated carbocycles. The van der Waals surface area contributed by atoms with Gasteiger partial charge in [0.2, 0.25) is 5.91 Å². The third kappa shape index (κ3) is 3.66. The van der Waals surface area contributed by atoms with E-state index in [2.05, 4.69) is 10.3 Å². The first-order valence-electron chi connectivity index (χ1n) is 5.50. The molecule has 0 bridgehead atoms. The Morgan fingerprint density at radius 2 is 2.32 bits per heavy atom. The van der Waals surface area contributed by atoms with Gasteiger partial charge in [-0.15, -0.1) is 11.3 Å². The molecule has 7 heteroatoms. The second kappa shape index (κ2) is 6.01. The first-order valence-corrected chi connectivity index (χ1v) is 6.76. The number of nitrogens with two attached hydrogens (primary N) is 1. The zero-order valence-corrected chi connectivity index (χ0v) is 11.5. The highest BCUT2D eigenvalue weighted by Gasteiger charge is 2.10. The molecular weight excluding hydrogens is 286 g/mol. The van der Waals surface area contributed by atoms with Crippen LogP contribution in [0.4, 0.5) is 5.69 Å². The van der Waals surface area contributed by atoms with Gasteiger partial charge in [0.05, 0.1) is 17.8 Å². The molecule has 2 aromatic rings. The molecule has 4 N–H and O–H groups in total. The lowest BCUT2D eigenvalue weighted by Crippen LogP contribution is -2.14. The van der Waals surface area contributed by atoms with E-state index in [1.807, 2.05) is 0 Å². The second-order valence-corrected chi connectivity index (χ2v) is 5.20. The maximum absolute atomic E-state index is 11.8. The molecule has 0 fully saturated rings. The third-order valence-electron chi connectivity index (χ3n) is 2.35. The van der Waals surface area contributed by atoms with E-state index in [0.717, 1.165) is 5.01 Å². The number of rotatable bonds is 4. The third-order valence-corrected chi connectivity index (χ3v) is 3.50. The zero-order chi connectivity index (χ0) is 13.8. The molecule has 0 aliphatic heterocycles. The topological polar surface area (TPSA) is 88.2 Å². The molecule has 0 aliphatic carbocycles. The summed E-state index contributed by atoms with van der Waals surface area (Å²) in [6.07, 6.45) is 0.127. The first-order chi connectivity index (χ1) is 9.08. The molecule has 0 saturated heterocycles. The van der Waals surface area contributed by atoms with Gasteiger partial charge in [0.1, 0.15) is 10.8 Å². The summed E-state index contributed by atoms with van der Waals surface area (Å²) in [5.74, 6) is -0.301. The molecular formula is C12H12ClN3O2S. The van der Waals surface area contributed by atoms with Gasteiger partial charge >= 0.3 is 0 Å². The highest BCUT2D eigenvalue weighted by Crippen LogP contribution is 2.26. The van der Waals surface area contributed by atoms with Crippen molar-refractivity contribution in [2.24, 2.45) is 5.73 Å². The van der Waals surface area contributed by atoms with Crippen molar-refractivity contribution < 1.29 is 9.90 Å². The number of aromatic nitrogens is 1. The Labute approximate surface area is 119 Å². The SMILES string of the molecule is NCc1nc(CC(=O)Nc2cc(Cl)ccc2O)cs1. The number of carbonyl (C=O) groups is 1. The van der Waals surface area contributed by atoms with E-state index in [1.165, 1.54) is 23.5 Å². The fraction of sp³-hybridized carbons (Fsp3) is 0.167. The predicted octanol–water partition coefficient (Wildman–Crippen LogP) is 2.14. The number of hydrogen-bond acceptors (Lipinski definition) is 5. The van der Waals surface area contributed by atoms with Crippen LogP contribution < -0.4 is 11.1 Å². The van der Waals surface area contributed by atoms with Gasteiger partial charge in [-0.1, -0.05) is 11.6 Å². The summed E-state index contributed by atoms with van der Waals surface area (Å²) in [5.41, 5.74) is 6.39. The molecule has 1 aromatic carbocycles. The Hall–Kier alpha value is -1.63. The van der Waals surface area contributed by atoms with E-state index < -0.39 is 0 Å². The largest absolute Gasteiger partial charge is 0.506 e. The molecule has 0 unspecified atom stereocenters. The molecule has 0 spiro atoms. The van der Waals surface area contributed by atoms with Crippen LogP contribution in [0, 0.1) is 0 Å². The Kier molecular flexibility index (Phi) is 4.36. The lowest BCUT2D eigenvalue weighted by Gasteiger charge is -2.06. The van der Waals surface area contributed by atoms with Gasteiger partial charge in [-0.05, 0) is 18.2 Å². The Balaban J connectivity index is 2.03. The van der Waals surface area contributed by atoms with Crippen LogP contribution in [-0.4, -0.2) is 16.0 Å². The van der Waals surface area contributed by atoms with Crippen LogP contribution in [0.2, 0.25) is 5.02 Å². The summed E-state index contributed by atoms with van der Waals surface area (Å²) in [4.78, 5) is 16.0. The van der Waals surface area contributed by atoms with Crippen LogP contribution in [0.1, 0.15) is 10.7 Å². The van der Waals surface area contributed by atoms with Gasteiger partial charge in [-0.25, -0.2) is 4.98 Å². The summed E-state index contributed by atoms with van der Waals surface area (Å²) in [7, 11) is 0. The van der Waals surface area contributed by atoms with Gasteiger partial charge in [-0.3, -0.25) is 4.79 Å². The number of nitrogens with one attached hydrogen (secondary N) is 1. The molecule has 100 valence electrons. The smallest absolute Gasteiger partial charge is 0.230 e. The number of benzene rings is 1. The van der Waals surface area contributed by atoms with Gasteiger partial charge in [0.25, 0.3) is 0 Å². The molecule has 5 nitrogen and oxygen atoms in total. The predicted molar refractivity (Wildman–Crippen MR) is 75.5 cm³/mol. The van der Waals surface area contributed by atoms with Crippen LogP contribution >= 0.6 is 22.9 Å². The second-order valence-electron chi connectivity index (χ2n) is 3.82. The monoisotopic (exact) mass is 297 g/mol. The number of aromatic hydroxyl groups is 1. The van der Waals surface area contributed by atoms with Crippen molar-refractivity contribution in [2.75, 3.05) is 5.32 Å². The number of phenols is 1. The fourth-order valence-electron chi connectivity index (χ4n) is 1.49. The van der Waals surface area contributed by atoms with Crippen LogP contribution in [0.15, 0.2) is 23.6 Å². The molecule has 19 heavy (non-hydrogen) atoms. The molecule has 1 heterocycles. The molecule has 0 radical (unpaired) electrons. The summed E-state index contributed by atoms with van der Waals surface area (Å²) in [5, 5.41) is 15.2. The minimum absolute atomic E-state index is 0.0290. The average molecular weight is 298 g/mol. The molecule has 2 rings (SSSR count). The Bertz CT molecular complexity index is 600. The number of carbonyl (C=O) groups excluding carboxylic acids is 1. The van der Waals surface area contributed by atoms with Crippen molar-refractivity contribution >= 4 is 34.5 Å². The number of halogens is 1. The van der Waals surface area contributed by atoms with Crippen molar-refractivity contribution in [1.29, 1.82) is 0 Å². The van der Waals surface area contributed by atoms with Crippen molar-refractivity contribution in [3.63, 3.8) is 0 Å². The zero-order valence-electron chi connectivity index (χ0n) is 9.89. The van der Waals surface area contributed by atoms with Gasteiger partial charge in [0.15, 0.2) is 0 Å². The standard InChI is InChI=1S/C12H12ClN3O2S/c13-7-1-2-10(17)9(3-7)16-11(18)4-8-6-19-12(5-14)15-8/h1-3,6,17H,4-5,14H2,(H,16,18). The average Bonchev–Trinajstić information content (AvgIpc) is 2.81. The van der Waals surface area contributed by atoms with E-state index >= 15 is 0 Å². The van der Waals surface area contributed by atoms with Crippen LogP contribution in [0.25, 0.3) is 0 Å². The Morgan fingerprint density at radius 3 is 3.00 bits per heavy atom. The van der Waals surface area contributed by atoms with Gasteiger partial charge < -0.3 is 16.2 Å². The number of anilines is 1. The van der Waals surface area contributed by atoms with Crippen molar-refractivity contribution in [2.45, 2.75) is 13.0 Å². The molecule has 0 aliphatic rings. The fourth-order valence-corrected chi connectivity index (χ4v) is 2.34. The normalized spacial score (nSPS) is 10.4. The highest BCUT2D eigenvalue weighted by atomic mass is 35.5. The van der Waals surface area contributed by atoms with E-state index in [0.29, 0.717) is 17.3 Å². The number of nitrogens with zero attached hydrogens (tertiary/aromatic N) is 1. The maximum atomic E-state index is 11.8. The Morgan fingerprint density at radius 1 is 1.53 bits per heavy atom. The number of thiazole rings is 1. The number of phenolic OH excluding ortho intramolecular Hbond substituents is 1. The lowest BCUT2D eigenvalue weighted by molar-refractivity contribution is -0.115. The van der Waals surface area contributed by atoms with E-state index in [-0.39, 0.29) is 23.8 Å². The summed E-state index contributed by atoms with van der Waals surface area (Å²) in [6.45, 7) is 0.362. The number of amides is 1. The summed E-state index contributed by atoms with van der Waals surface area (Å²) >= 11 is 7.21. The van der Waals surface area contributed by atoms with E-state index in [9.17, 15) is 9.90 Å². The quantitative estimate of drug-likeness (QED) is 0.754. The van der Waals surface area contributed by atoms with E-state index in [4.69, 9.17) is 17.3 Å². The minimum atomic E-state index is -0.272. The maximum Gasteiger partial charge on any atom is 0.230 e. The highest BCUT2D eigenvalue weighted by molar-refractivity contribution is 7.09. The number of hydrogen-bond donors (Lipinski definition) is 3. The van der Waals surface area contributed by atoms with Gasteiger partial charge in [0, 0.05) is 16.9 Å². The van der Waals surface area contributed by atoms with Crippen LogP contribution in [0.3, 0.4) is 0 Å². The van der Waals surface area contributed by atoms with Crippen LogP contribution in [-0.2, 0) is 17.8 Å². The summed E-state index contributed by atoms with van der Waals surface area (Å²) in [6, 6.07) is 4.45. The van der Waals surface area contributed by atoms with Crippen LogP contribution in [0.5, 0.6) is 5.75 Å². The first kappa shape index (κ1) is 13.8.